The van der Waals surface area contributed by atoms with Crippen molar-refractivity contribution in [3.63, 3.8) is 0 Å². The predicted molar refractivity (Wildman–Crippen MR) is 58.2 cm³/mol. The minimum absolute atomic E-state index is 0.0683. The van der Waals surface area contributed by atoms with E-state index < -0.39 is 11.9 Å². The molecule has 16 heavy (non-hydrogen) atoms. The molecule has 0 saturated heterocycles. The lowest BCUT2D eigenvalue weighted by Crippen LogP contribution is -2.28. The Hall–Kier alpha value is -1.58. The Morgan fingerprint density at radius 2 is 2.19 bits per heavy atom. The van der Waals surface area contributed by atoms with E-state index in [1.54, 1.807) is 6.20 Å². The zero-order chi connectivity index (χ0) is 11.9. The molecule has 4 nitrogen and oxygen atoms in total. The monoisotopic (exact) mass is 221 g/mol. The van der Waals surface area contributed by atoms with E-state index in [0.717, 1.165) is 5.56 Å². The van der Waals surface area contributed by atoms with Crippen molar-refractivity contribution in [2.45, 2.75) is 19.8 Å². The molecule has 2 rings (SSSR count). The maximum atomic E-state index is 12.0. The van der Waals surface area contributed by atoms with Gasteiger partial charge in [0.15, 0.2) is 5.78 Å². The summed E-state index contributed by atoms with van der Waals surface area (Å²) < 4.78 is 4.71. The molecule has 0 unspecified atom stereocenters. The molecule has 0 aromatic carbocycles. The second kappa shape index (κ2) is 3.77. The van der Waals surface area contributed by atoms with Gasteiger partial charge < -0.3 is 9.72 Å². The van der Waals surface area contributed by atoms with Gasteiger partial charge in [-0.15, -0.1) is 0 Å². The molecular weight excluding hydrogens is 206 g/mol. The number of fused-ring (bicyclic) bond motifs is 1. The van der Waals surface area contributed by atoms with Crippen LogP contribution in [0, 0.1) is 11.8 Å². The summed E-state index contributed by atoms with van der Waals surface area (Å²) in [4.78, 5) is 26.6. The fourth-order valence-corrected chi connectivity index (χ4v) is 2.50. The highest BCUT2D eigenvalue weighted by atomic mass is 16.5. The lowest BCUT2D eigenvalue weighted by atomic mass is 9.83. The summed E-state index contributed by atoms with van der Waals surface area (Å²) in [5, 5.41) is 0. The van der Waals surface area contributed by atoms with E-state index in [0.29, 0.717) is 5.69 Å². The van der Waals surface area contributed by atoms with Crippen LogP contribution in [-0.2, 0) is 9.53 Å². The topological polar surface area (TPSA) is 59.2 Å². The molecule has 0 bridgehead atoms. The van der Waals surface area contributed by atoms with Gasteiger partial charge >= 0.3 is 5.97 Å². The Labute approximate surface area is 94.0 Å². The molecule has 0 spiro atoms. The molecule has 0 fully saturated rings. The molecule has 1 aliphatic carbocycles. The first-order valence-corrected chi connectivity index (χ1v) is 5.37. The zero-order valence-corrected chi connectivity index (χ0v) is 9.61. The smallest absolute Gasteiger partial charge is 0.317 e. The van der Waals surface area contributed by atoms with E-state index in [2.05, 4.69) is 4.98 Å². The van der Waals surface area contributed by atoms with E-state index in [1.165, 1.54) is 7.11 Å². The molecule has 0 aliphatic heterocycles. The van der Waals surface area contributed by atoms with Crippen LogP contribution in [0.1, 0.15) is 35.8 Å². The van der Waals surface area contributed by atoms with Crippen LogP contribution >= 0.6 is 0 Å². The number of hydrogen-bond donors (Lipinski definition) is 1. The van der Waals surface area contributed by atoms with Crippen molar-refractivity contribution in [3.8, 4) is 0 Å². The Morgan fingerprint density at radius 1 is 1.50 bits per heavy atom. The van der Waals surface area contributed by atoms with Crippen molar-refractivity contribution in [1.82, 2.24) is 4.98 Å². The van der Waals surface area contributed by atoms with Crippen LogP contribution in [0.3, 0.4) is 0 Å². The van der Waals surface area contributed by atoms with Crippen LogP contribution in [0.5, 0.6) is 0 Å². The van der Waals surface area contributed by atoms with Gasteiger partial charge in [-0.1, -0.05) is 13.8 Å². The largest absolute Gasteiger partial charge is 0.468 e. The van der Waals surface area contributed by atoms with E-state index >= 15 is 0 Å². The van der Waals surface area contributed by atoms with Gasteiger partial charge in [0.25, 0.3) is 0 Å². The van der Waals surface area contributed by atoms with Gasteiger partial charge in [-0.25, -0.2) is 0 Å². The maximum absolute atomic E-state index is 12.0. The third-order valence-corrected chi connectivity index (χ3v) is 3.20. The van der Waals surface area contributed by atoms with Crippen LogP contribution in [0.25, 0.3) is 0 Å². The van der Waals surface area contributed by atoms with Gasteiger partial charge in [0.1, 0.15) is 5.92 Å². The molecule has 1 aliphatic rings. The van der Waals surface area contributed by atoms with Gasteiger partial charge in [-0.05, 0) is 17.5 Å². The summed E-state index contributed by atoms with van der Waals surface area (Å²) in [5.41, 5.74) is 1.50. The number of carbonyl (C=O) groups excluding carboxylic acids is 2. The number of H-pyrrole nitrogens is 1. The number of esters is 1. The third-order valence-electron chi connectivity index (χ3n) is 3.20. The molecule has 1 heterocycles. The molecule has 1 aromatic heterocycles. The van der Waals surface area contributed by atoms with Crippen molar-refractivity contribution in [1.29, 1.82) is 0 Å². The fourth-order valence-electron chi connectivity index (χ4n) is 2.50. The van der Waals surface area contributed by atoms with Crippen LogP contribution in [0.15, 0.2) is 12.3 Å². The lowest BCUT2D eigenvalue weighted by Gasteiger charge is -2.20. The van der Waals surface area contributed by atoms with Gasteiger partial charge in [0, 0.05) is 12.1 Å². The highest BCUT2D eigenvalue weighted by Gasteiger charge is 2.46. The molecule has 1 aromatic rings. The number of carbonyl (C=O) groups is 2. The van der Waals surface area contributed by atoms with Gasteiger partial charge in [0.2, 0.25) is 0 Å². The summed E-state index contributed by atoms with van der Waals surface area (Å²) in [6.45, 7) is 4.02. The Bertz CT molecular complexity index is 433. The van der Waals surface area contributed by atoms with Crippen LogP contribution in [-0.4, -0.2) is 23.8 Å². The highest BCUT2D eigenvalue weighted by molar-refractivity contribution is 6.12. The third kappa shape index (κ3) is 1.37. The molecule has 86 valence electrons. The number of hydrogen-bond acceptors (Lipinski definition) is 3. The summed E-state index contributed by atoms with van der Waals surface area (Å²) in [6.07, 6.45) is 1.74. The zero-order valence-electron chi connectivity index (χ0n) is 9.61. The SMILES string of the molecule is COC(=O)[C@H]1C(=O)c2[nH]ccc2[C@@H]1C(C)C. The van der Waals surface area contributed by atoms with Gasteiger partial charge in [0.05, 0.1) is 12.8 Å². The quantitative estimate of drug-likeness (QED) is 0.611. The summed E-state index contributed by atoms with van der Waals surface area (Å²) >= 11 is 0. The average molecular weight is 221 g/mol. The minimum atomic E-state index is -0.674. The van der Waals surface area contributed by atoms with E-state index in [1.807, 2.05) is 19.9 Å². The Balaban J connectivity index is 2.45. The first-order valence-electron chi connectivity index (χ1n) is 5.37. The highest BCUT2D eigenvalue weighted by Crippen LogP contribution is 2.42. The average Bonchev–Trinajstić information content (AvgIpc) is 2.79. The number of aromatic nitrogens is 1. The van der Waals surface area contributed by atoms with Crippen molar-refractivity contribution in [3.05, 3.63) is 23.5 Å². The molecular formula is C12H15NO3. The van der Waals surface area contributed by atoms with Crippen LogP contribution < -0.4 is 0 Å². The van der Waals surface area contributed by atoms with Crippen LogP contribution in [0.2, 0.25) is 0 Å². The number of nitrogens with one attached hydrogen (secondary N) is 1. The first kappa shape index (κ1) is 10.9. The number of Topliss-reactive ketones (excluding diaryl/α,β-unsaturated/α-hetero) is 1. The minimum Gasteiger partial charge on any atom is -0.468 e. The molecule has 2 atom stereocenters. The first-order chi connectivity index (χ1) is 7.57. The second-order valence-electron chi connectivity index (χ2n) is 4.44. The van der Waals surface area contributed by atoms with E-state index in [4.69, 9.17) is 4.74 Å². The summed E-state index contributed by atoms with van der Waals surface area (Å²) in [5.74, 6) is -1.10. The molecule has 4 heteroatoms. The van der Waals surface area contributed by atoms with Crippen LogP contribution in [0.4, 0.5) is 0 Å². The van der Waals surface area contributed by atoms with Gasteiger partial charge in [-0.3, -0.25) is 9.59 Å². The standard InChI is InChI=1S/C12H15NO3/c1-6(2)8-7-4-5-13-10(7)11(14)9(8)12(15)16-3/h4-6,8-9,13H,1-3H3/t8-,9+/m0/s1. The summed E-state index contributed by atoms with van der Waals surface area (Å²) in [6, 6.07) is 1.88. The van der Waals surface area contributed by atoms with Crippen molar-refractivity contribution < 1.29 is 14.3 Å². The van der Waals surface area contributed by atoms with E-state index in [-0.39, 0.29) is 17.6 Å². The molecule has 0 radical (unpaired) electrons. The second-order valence-corrected chi connectivity index (χ2v) is 4.44. The number of ether oxygens (including phenoxy) is 1. The number of rotatable bonds is 2. The van der Waals surface area contributed by atoms with Crippen molar-refractivity contribution in [2.75, 3.05) is 7.11 Å². The maximum Gasteiger partial charge on any atom is 0.317 e. The molecule has 0 amide bonds. The van der Waals surface area contributed by atoms with Crippen molar-refractivity contribution >= 4 is 11.8 Å². The molecule has 1 N–H and O–H groups in total. The normalized spacial score (nSPS) is 23.6. The fraction of sp³-hybridized carbons (Fsp3) is 0.500. The number of aromatic amines is 1. The molecule has 0 saturated carbocycles. The summed E-state index contributed by atoms with van der Waals surface area (Å²) in [7, 11) is 1.32. The Kier molecular flexibility index (Phi) is 2.58. The number of methoxy groups -OCH3 is 1. The number of ketones is 1. The lowest BCUT2D eigenvalue weighted by molar-refractivity contribution is -0.144. The Morgan fingerprint density at radius 3 is 2.75 bits per heavy atom. The van der Waals surface area contributed by atoms with Gasteiger partial charge in [-0.2, -0.15) is 0 Å². The van der Waals surface area contributed by atoms with E-state index in [9.17, 15) is 9.59 Å². The predicted octanol–water partition coefficient (Wildman–Crippen LogP) is 1.74. The van der Waals surface area contributed by atoms with Crippen molar-refractivity contribution in [2.24, 2.45) is 11.8 Å².